The van der Waals surface area contributed by atoms with E-state index in [0.717, 1.165) is 29.8 Å². The van der Waals surface area contributed by atoms with Crippen molar-refractivity contribution in [3.63, 3.8) is 0 Å². The third-order valence-corrected chi connectivity index (χ3v) is 4.71. The fourth-order valence-electron chi connectivity index (χ4n) is 3.44. The zero-order valence-electron chi connectivity index (χ0n) is 14.2. The summed E-state index contributed by atoms with van der Waals surface area (Å²) in [6.07, 6.45) is 6.93. The summed E-state index contributed by atoms with van der Waals surface area (Å²) >= 11 is 0. The SMILES string of the molecule is CCc1c(C(=O)N2CCc3cnccc32)cnn1Cc1ccccc1. The van der Waals surface area contributed by atoms with Crippen molar-refractivity contribution in [2.24, 2.45) is 0 Å². The normalized spacial score (nSPS) is 13.1. The molecule has 3 heterocycles. The largest absolute Gasteiger partial charge is 0.308 e. The summed E-state index contributed by atoms with van der Waals surface area (Å²) in [7, 11) is 0. The maximum atomic E-state index is 13.1. The molecule has 1 amide bonds. The number of fused-ring (bicyclic) bond motifs is 1. The fraction of sp³-hybridized carbons (Fsp3) is 0.250. The molecule has 0 N–H and O–H groups in total. The molecule has 5 nitrogen and oxygen atoms in total. The van der Waals surface area contributed by atoms with Crippen molar-refractivity contribution in [1.29, 1.82) is 0 Å². The summed E-state index contributed by atoms with van der Waals surface area (Å²) in [6.45, 7) is 3.45. The molecule has 0 unspecified atom stereocenters. The van der Waals surface area contributed by atoms with Crippen molar-refractivity contribution in [1.82, 2.24) is 14.8 Å². The van der Waals surface area contributed by atoms with Crippen LogP contribution in [0.25, 0.3) is 0 Å². The van der Waals surface area contributed by atoms with Crippen LogP contribution in [0.1, 0.15) is 34.1 Å². The van der Waals surface area contributed by atoms with Crippen molar-refractivity contribution in [3.05, 3.63) is 77.4 Å². The van der Waals surface area contributed by atoms with Crippen molar-refractivity contribution < 1.29 is 4.79 Å². The molecule has 0 atom stereocenters. The standard InChI is InChI=1S/C20H20N4O/c1-2-18-17(13-22-24(18)14-15-6-4-3-5-7-15)20(25)23-11-9-16-12-21-10-8-19(16)23/h3-8,10,12-13H,2,9,11,14H2,1H3. The van der Waals surface area contributed by atoms with E-state index in [-0.39, 0.29) is 5.91 Å². The Kier molecular flexibility index (Phi) is 4.06. The molecule has 0 bridgehead atoms. The van der Waals surface area contributed by atoms with E-state index in [0.29, 0.717) is 18.7 Å². The summed E-state index contributed by atoms with van der Waals surface area (Å²) in [4.78, 5) is 19.1. The van der Waals surface area contributed by atoms with Gasteiger partial charge in [-0.2, -0.15) is 5.10 Å². The average Bonchev–Trinajstić information content (AvgIpc) is 3.26. The van der Waals surface area contributed by atoms with Gasteiger partial charge in [-0.25, -0.2) is 0 Å². The van der Waals surface area contributed by atoms with Gasteiger partial charge in [0.25, 0.3) is 5.91 Å². The second kappa shape index (κ2) is 6.51. The van der Waals surface area contributed by atoms with Gasteiger partial charge in [0.2, 0.25) is 0 Å². The quantitative estimate of drug-likeness (QED) is 0.738. The fourth-order valence-corrected chi connectivity index (χ4v) is 3.44. The van der Waals surface area contributed by atoms with Crippen molar-refractivity contribution in [2.75, 3.05) is 11.4 Å². The highest BCUT2D eigenvalue weighted by Gasteiger charge is 2.28. The number of amides is 1. The molecule has 5 heteroatoms. The lowest BCUT2D eigenvalue weighted by Crippen LogP contribution is -2.29. The van der Waals surface area contributed by atoms with Crippen LogP contribution in [-0.4, -0.2) is 27.2 Å². The Morgan fingerprint density at radius 3 is 2.80 bits per heavy atom. The number of carbonyl (C=O) groups is 1. The molecular weight excluding hydrogens is 312 g/mol. The van der Waals surface area contributed by atoms with Crippen LogP contribution in [0.15, 0.2) is 55.0 Å². The first-order chi connectivity index (χ1) is 12.3. The van der Waals surface area contributed by atoms with Crippen LogP contribution in [0.2, 0.25) is 0 Å². The number of benzene rings is 1. The molecule has 0 radical (unpaired) electrons. The third-order valence-electron chi connectivity index (χ3n) is 4.71. The van der Waals surface area contributed by atoms with Gasteiger partial charge in [-0.1, -0.05) is 37.3 Å². The molecule has 3 aromatic rings. The maximum absolute atomic E-state index is 13.1. The van der Waals surface area contributed by atoms with Crippen molar-refractivity contribution in [3.8, 4) is 0 Å². The lowest BCUT2D eigenvalue weighted by molar-refractivity contribution is 0.0988. The Morgan fingerprint density at radius 1 is 1.16 bits per heavy atom. The number of hydrogen-bond acceptors (Lipinski definition) is 3. The molecule has 1 aromatic carbocycles. The summed E-state index contributed by atoms with van der Waals surface area (Å²) in [6, 6.07) is 12.1. The molecule has 0 saturated heterocycles. The average molecular weight is 332 g/mol. The summed E-state index contributed by atoms with van der Waals surface area (Å²) in [5, 5.41) is 4.49. The molecule has 0 fully saturated rings. The highest BCUT2D eigenvalue weighted by molar-refractivity contribution is 6.07. The molecule has 126 valence electrons. The minimum absolute atomic E-state index is 0.0288. The predicted molar refractivity (Wildman–Crippen MR) is 96.8 cm³/mol. The summed E-state index contributed by atoms with van der Waals surface area (Å²) < 4.78 is 1.94. The molecule has 2 aromatic heterocycles. The Morgan fingerprint density at radius 2 is 2.00 bits per heavy atom. The number of aromatic nitrogens is 3. The number of rotatable bonds is 4. The van der Waals surface area contributed by atoms with Gasteiger partial charge in [-0.3, -0.25) is 14.5 Å². The van der Waals surface area contributed by atoms with Crippen LogP contribution in [-0.2, 0) is 19.4 Å². The molecule has 25 heavy (non-hydrogen) atoms. The molecule has 4 rings (SSSR count). The zero-order valence-corrected chi connectivity index (χ0v) is 14.2. The Balaban J connectivity index is 1.64. The van der Waals surface area contributed by atoms with Gasteiger partial charge in [-0.05, 0) is 30.0 Å². The van der Waals surface area contributed by atoms with Crippen LogP contribution in [0.3, 0.4) is 0 Å². The van der Waals surface area contributed by atoms with E-state index in [2.05, 4.69) is 29.1 Å². The van der Waals surface area contributed by atoms with E-state index in [1.807, 2.05) is 40.0 Å². The molecule has 0 aliphatic carbocycles. The number of anilines is 1. The first-order valence-corrected chi connectivity index (χ1v) is 8.61. The second-order valence-corrected chi connectivity index (χ2v) is 6.21. The molecule has 0 spiro atoms. The van der Waals surface area contributed by atoms with Crippen molar-refractivity contribution in [2.45, 2.75) is 26.3 Å². The van der Waals surface area contributed by atoms with Crippen LogP contribution in [0.5, 0.6) is 0 Å². The van der Waals surface area contributed by atoms with Gasteiger partial charge in [0.15, 0.2) is 0 Å². The van der Waals surface area contributed by atoms with E-state index < -0.39 is 0 Å². The summed E-state index contributed by atoms with van der Waals surface area (Å²) in [5.41, 5.74) is 4.96. The smallest absolute Gasteiger partial charge is 0.261 e. The monoisotopic (exact) mass is 332 g/mol. The van der Waals surface area contributed by atoms with Gasteiger partial charge < -0.3 is 4.90 Å². The van der Waals surface area contributed by atoms with E-state index in [4.69, 9.17) is 0 Å². The van der Waals surface area contributed by atoms with E-state index in [1.165, 1.54) is 5.56 Å². The van der Waals surface area contributed by atoms with Crippen LogP contribution in [0.4, 0.5) is 5.69 Å². The predicted octanol–water partition coefficient (Wildman–Crippen LogP) is 3.09. The summed E-state index contributed by atoms with van der Waals surface area (Å²) in [5.74, 6) is 0.0288. The minimum Gasteiger partial charge on any atom is -0.308 e. The van der Waals surface area contributed by atoms with E-state index >= 15 is 0 Å². The second-order valence-electron chi connectivity index (χ2n) is 6.21. The van der Waals surface area contributed by atoms with E-state index in [9.17, 15) is 4.79 Å². The van der Waals surface area contributed by atoms with Crippen LogP contribution in [0, 0.1) is 0 Å². The van der Waals surface area contributed by atoms with E-state index in [1.54, 1.807) is 12.4 Å². The molecule has 0 saturated carbocycles. The Labute approximate surface area is 146 Å². The molecule has 1 aliphatic rings. The maximum Gasteiger partial charge on any atom is 0.261 e. The first kappa shape index (κ1) is 15.6. The van der Waals surface area contributed by atoms with Gasteiger partial charge in [0.05, 0.1) is 29.7 Å². The molecular formula is C20H20N4O. The number of hydrogen-bond donors (Lipinski definition) is 0. The Hall–Kier alpha value is -2.95. The minimum atomic E-state index is 0.0288. The highest BCUT2D eigenvalue weighted by Crippen LogP contribution is 2.29. The highest BCUT2D eigenvalue weighted by atomic mass is 16.2. The number of carbonyl (C=O) groups excluding carboxylic acids is 1. The van der Waals surface area contributed by atoms with Gasteiger partial charge >= 0.3 is 0 Å². The van der Waals surface area contributed by atoms with Crippen LogP contribution < -0.4 is 4.90 Å². The van der Waals surface area contributed by atoms with Gasteiger partial charge in [0, 0.05) is 18.9 Å². The van der Waals surface area contributed by atoms with Crippen molar-refractivity contribution >= 4 is 11.6 Å². The van der Waals surface area contributed by atoms with Crippen LogP contribution >= 0.6 is 0 Å². The third kappa shape index (κ3) is 2.82. The van der Waals surface area contributed by atoms with Gasteiger partial charge in [-0.15, -0.1) is 0 Å². The lowest BCUT2D eigenvalue weighted by atomic mass is 10.1. The number of pyridine rings is 1. The molecule has 1 aliphatic heterocycles. The topological polar surface area (TPSA) is 51.0 Å². The Bertz CT molecular complexity index is 901. The lowest BCUT2D eigenvalue weighted by Gasteiger charge is -2.17. The van der Waals surface area contributed by atoms with Gasteiger partial charge in [0.1, 0.15) is 0 Å². The first-order valence-electron chi connectivity index (χ1n) is 8.61. The zero-order chi connectivity index (χ0) is 17.2. The number of nitrogens with zero attached hydrogens (tertiary/aromatic N) is 4.